The van der Waals surface area contributed by atoms with Crippen molar-refractivity contribution >= 4 is 14.7 Å². The maximum absolute atomic E-state index is 10.5. The minimum Gasteiger partial charge on any atom is -0.424 e. The summed E-state index contributed by atoms with van der Waals surface area (Å²) in [5.41, 5.74) is 0. The molecule has 0 atom stereocenters. The Balaban J connectivity index is 1.66. The third-order valence-electron chi connectivity index (χ3n) is 3.71. The molecule has 2 aliphatic rings. The van der Waals surface area contributed by atoms with Crippen LogP contribution >= 0.6 is 8.69 Å². The minimum absolute atomic E-state index is 0.280. The highest BCUT2D eigenvalue weighted by atomic mass is 31.1. The molecule has 1 aromatic rings. The number of likely N-dealkylation sites (tertiary alicyclic amines) is 1. The van der Waals surface area contributed by atoms with Crippen molar-refractivity contribution in [3.63, 3.8) is 0 Å². The molecular weight excluding hydrogens is 307 g/mol. The lowest BCUT2D eigenvalue weighted by Gasteiger charge is -2.37. The fraction of sp³-hybridized carbons (Fsp3) is 0.500. The van der Waals surface area contributed by atoms with E-state index in [0.717, 1.165) is 12.8 Å². The number of ether oxygens (including phenoxy) is 3. The van der Waals surface area contributed by atoms with E-state index in [1.165, 1.54) is 0 Å². The number of nitrogens with zero attached hydrogens (tertiary/aromatic N) is 2. The quantitative estimate of drug-likeness (QED) is 0.368. The molecule has 8 heteroatoms. The van der Waals surface area contributed by atoms with Crippen LogP contribution in [-0.2, 0) is 18.7 Å². The first-order valence-electron chi connectivity index (χ1n) is 7.14. The van der Waals surface area contributed by atoms with Gasteiger partial charge in [-0.15, -0.1) is 0 Å². The molecule has 7 nitrogen and oxygen atoms in total. The Morgan fingerprint density at radius 1 is 1.18 bits per heavy atom. The van der Waals surface area contributed by atoms with Gasteiger partial charge < -0.3 is 19.1 Å². The third kappa shape index (κ3) is 3.55. The fourth-order valence-corrected chi connectivity index (χ4v) is 2.71. The van der Waals surface area contributed by atoms with Crippen LogP contribution in [0.4, 0.5) is 0 Å². The summed E-state index contributed by atoms with van der Waals surface area (Å²) in [5.74, 6) is 0.174. The Bertz CT molecular complexity index is 523. The summed E-state index contributed by atoms with van der Waals surface area (Å²) < 4.78 is 32.2. The normalized spacial score (nSPS) is 21.3. The number of piperidine rings is 1. The lowest BCUT2D eigenvalue weighted by molar-refractivity contribution is -0.181. The van der Waals surface area contributed by atoms with Crippen molar-refractivity contribution in [2.75, 3.05) is 26.3 Å². The first kappa shape index (κ1) is 15.2. The molecule has 118 valence electrons. The Hall–Kier alpha value is -1.69. The van der Waals surface area contributed by atoms with Crippen molar-refractivity contribution in [3.8, 4) is 5.75 Å². The summed E-state index contributed by atoms with van der Waals surface area (Å²) >= 11 is 0. The van der Waals surface area contributed by atoms with Crippen LogP contribution in [-0.4, -0.2) is 43.0 Å². The zero-order valence-corrected chi connectivity index (χ0v) is 12.9. The van der Waals surface area contributed by atoms with Gasteiger partial charge in [0.05, 0.1) is 13.2 Å². The van der Waals surface area contributed by atoms with E-state index in [1.807, 2.05) is 35.2 Å². The van der Waals surface area contributed by atoms with E-state index >= 15 is 0 Å². The highest BCUT2D eigenvalue weighted by Crippen LogP contribution is 2.31. The average Bonchev–Trinajstić information content (AvgIpc) is 3.01. The van der Waals surface area contributed by atoms with Crippen molar-refractivity contribution in [2.45, 2.75) is 18.6 Å². The van der Waals surface area contributed by atoms with Gasteiger partial charge in [-0.25, -0.2) is 4.57 Å². The van der Waals surface area contributed by atoms with E-state index in [2.05, 4.69) is 9.78 Å². The summed E-state index contributed by atoms with van der Waals surface area (Å²) in [6, 6.07) is 9.55. The first-order valence-corrected chi connectivity index (χ1v) is 7.87. The van der Waals surface area contributed by atoms with Crippen LogP contribution in [0.2, 0.25) is 0 Å². The summed E-state index contributed by atoms with van der Waals surface area (Å²) in [5, 5.41) is 3.79. The Morgan fingerprint density at radius 2 is 1.86 bits per heavy atom. The molecule has 0 unspecified atom stereocenters. The molecule has 2 fully saturated rings. The molecule has 0 aliphatic carbocycles. The fourth-order valence-electron chi connectivity index (χ4n) is 2.61. The number of hydrogen-bond donors (Lipinski definition) is 0. The minimum atomic E-state index is -0.520. The molecule has 3 rings (SSSR count). The topological polar surface area (TPSA) is 69.6 Å². The van der Waals surface area contributed by atoms with E-state index < -0.39 is 14.5 Å². The van der Waals surface area contributed by atoms with Gasteiger partial charge in [-0.05, 0) is 17.3 Å². The maximum Gasteiger partial charge on any atom is 0.419 e. The van der Waals surface area contributed by atoms with Gasteiger partial charge in [0, 0.05) is 25.9 Å². The standard InChI is InChI=1S/C14H17N2O5P/c17-22-21-15-13(20-12-4-2-1-3-5-12)16-8-6-14(7-9-16)18-10-11-19-14/h1-5H,6-11H2/b15-13-. The number of para-hydroxylation sites is 1. The van der Waals surface area contributed by atoms with Crippen molar-refractivity contribution in [1.29, 1.82) is 0 Å². The van der Waals surface area contributed by atoms with E-state index in [4.69, 9.17) is 14.2 Å². The highest BCUT2D eigenvalue weighted by Gasteiger charge is 2.40. The summed E-state index contributed by atoms with van der Waals surface area (Å²) in [6.45, 7) is 2.59. The summed E-state index contributed by atoms with van der Waals surface area (Å²) in [6.07, 6.45) is 1.44. The summed E-state index contributed by atoms with van der Waals surface area (Å²) in [4.78, 5) is 1.93. The number of oxime groups is 1. The van der Waals surface area contributed by atoms with E-state index in [-0.39, 0.29) is 6.02 Å². The molecule has 2 saturated heterocycles. The number of hydrogen-bond acceptors (Lipinski definition) is 6. The third-order valence-corrected chi connectivity index (χ3v) is 3.86. The molecule has 2 heterocycles. The average molecular weight is 324 g/mol. The van der Waals surface area contributed by atoms with Crippen molar-refractivity contribution in [2.24, 2.45) is 5.16 Å². The molecule has 0 bridgehead atoms. The summed E-state index contributed by atoms with van der Waals surface area (Å²) in [7, 11) is -0.520. The molecule has 22 heavy (non-hydrogen) atoms. The van der Waals surface area contributed by atoms with Crippen LogP contribution in [0.1, 0.15) is 12.8 Å². The van der Waals surface area contributed by atoms with Gasteiger partial charge in [-0.1, -0.05) is 18.2 Å². The van der Waals surface area contributed by atoms with Crippen LogP contribution in [0.15, 0.2) is 35.5 Å². The van der Waals surface area contributed by atoms with E-state index in [9.17, 15) is 4.57 Å². The second kappa shape index (κ2) is 7.05. The van der Waals surface area contributed by atoms with Gasteiger partial charge in [-0.3, -0.25) is 4.62 Å². The predicted molar refractivity (Wildman–Crippen MR) is 78.6 cm³/mol. The van der Waals surface area contributed by atoms with Crippen LogP contribution in [0, 0.1) is 0 Å². The molecule has 0 aromatic heterocycles. The lowest BCUT2D eigenvalue weighted by Crippen LogP contribution is -2.48. The SMILES string of the molecule is O=PO/N=C(\Oc1ccccc1)N1CCC2(CC1)OCCO2. The molecule has 0 amide bonds. The predicted octanol–water partition coefficient (Wildman–Crippen LogP) is 2.40. The van der Waals surface area contributed by atoms with Gasteiger partial charge >= 0.3 is 14.7 Å². The monoisotopic (exact) mass is 324 g/mol. The van der Waals surface area contributed by atoms with Crippen molar-refractivity contribution in [1.82, 2.24) is 4.90 Å². The van der Waals surface area contributed by atoms with Crippen LogP contribution < -0.4 is 4.74 Å². The Labute approximate surface area is 130 Å². The Morgan fingerprint density at radius 3 is 2.50 bits per heavy atom. The zero-order chi connectivity index (χ0) is 15.3. The Kier molecular flexibility index (Phi) is 4.87. The first-order chi connectivity index (χ1) is 10.8. The molecule has 0 saturated carbocycles. The van der Waals surface area contributed by atoms with Gasteiger partial charge in [0.15, 0.2) is 5.79 Å². The van der Waals surface area contributed by atoms with Gasteiger partial charge in [0.2, 0.25) is 0 Å². The molecule has 1 spiro atoms. The second-order valence-corrected chi connectivity index (χ2v) is 5.35. The van der Waals surface area contributed by atoms with Crippen LogP contribution in [0.5, 0.6) is 5.75 Å². The molecule has 2 aliphatic heterocycles. The number of benzene rings is 1. The maximum atomic E-state index is 10.5. The van der Waals surface area contributed by atoms with Gasteiger partial charge in [0.25, 0.3) is 0 Å². The molecule has 0 radical (unpaired) electrons. The van der Waals surface area contributed by atoms with Crippen molar-refractivity contribution < 1.29 is 23.4 Å². The van der Waals surface area contributed by atoms with Crippen LogP contribution in [0.3, 0.4) is 0 Å². The number of amidine groups is 1. The molecule has 0 N–H and O–H groups in total. The smallest absolute Gasteiger partial charge is 0.419 e. The van der Waals surface area contributed by atoms with E-state index in [1.54, 1.807) is 0 Å². The number of rotatable bonds is 3. The molecule has 1 aromatic carbocycles. The largest absolute Gasteiger partial charge is 0.424 e. The lowest BCUT2D eigenvalue weighted by atomic mass is 10.0. The van der Waals surface area contributed by atoms with Crippen LogP contribution in [0.25, 0.3) is 0 Å². The van der Waals surface area contributed by atoms with Gasteiger partial charge in [0.1, 0.15) is 5.75 Å². The van der Waals surface area contributed by atoms with Gasteiger partial charge in [-0.2, -0.15) is 0 Å². The van der Waals surface area contributed by atoms with Crippen molar-refractivity contribution in [3.05, 3.63) is 30.3 Å². The molecular formula is C14H17N2O5P. The highest BCUT2D eigenvalue weighted by molar-refractivity contribution is 7.17. The van der Waals surface area contributed by atoms with E-state index in [0.29, 0.717) is 32.1 Å². The second-order valence-electron chi connectivity index (χ2n) is 5.04. The zero-order valence-electron chi connectivity index (χ0n) is 12.0.